The van der Waals surface area contributed by atoms with Gasteiger partial charge >= 0.3 is 12.3 Å². The van der Waals surface area contributed by atoms with Crippen LogP contribution in [0.1, 0.15) is 14.6 Å². The van der Waals surface area contributed by atoms with E-state index in [2.05, 4.69) is 31.9 Å². The van der Waals surface area contributed by atoms with Gasteiger partial charge < -0.3 is 0 Å². The van der Waals surface area contributed by atoms with Crippen LogP contribution in [0.5, 0.6) is 0 Å². The van der Waals surface area contributed by atoms with Crippen molar-refractivity contribution in [1.82, 2.24) is 0 Å². The number of hydrogen-bond donors (Lipinski definition) is 0. The molecule has 86 valence electrons. The van der Waals surface area contributed by atoms with E-state index in [1.165, 1.54) is 0 Å². The normalized spacial score (nSPS) is 14.7. The Morgan fingerprint density at radius 3 is 2.27 bits per heavy atom. The summed E-state index contributed by atoms with van der Waals surface area (Å²) < 4.78 is 50.6. The molecule has 1 heterocycles. The Morgan fingerprint density at radius 2 is 1.93 bits per heavy atom. The second-order valence-corrected chi connectivity index (χ2v) is 5.96. The molecule has 15 heavy (non-hydrogen) atoms. The van der Waals surface area contributed by atoms with Gasteiger partial charge in [0, 0.05) is 14.2 Å². The first-order chi connectivity index (χ1) is 6.76. The molecule has 0 aliphatic carbocycles. The van der Waals surface area contributed by atoms with Crippen molar-refractivity contribution in [2.75, 3.05) is 0 Å². The summed E-state index contributed by atoms with van der Waals surface area (Å²) in [6, 6.07) is 1.62. The third kappa shape index (κ3) is 2.74. The van der Waals surface area contributed by atoms with Crippen molar-refractivity contribution in [2.45, 2.75) is 24.1 Å². The number of aryl methyl sites for hydroxylation is 1. The summed E-state index contributed by atoms with van der Waals surface area (Å²) in [4.78, 5) is -0.706. The fourth-order valence-corrected chi connectivity index (χ4v) is 3.90. The first-order valence-electron chi connectivity index (χ1n) is 3.82. The van der Waals surface area contributed by atoms with Gasteiger partial charge in [0.25, 0.3) is 0 Å². The smallest absolute Gasteiger partial charge is 0.204 e. The molecule has 0 nitrogen and oxygen atoms in total. The van der Waals surface area contributed by atoms with Crippen LogP contribution in [0.4, 0.5) is 17.6 Å². The molecule has 0 amide bonds. The van der Waals surface area contributed by atoms with Crippen molar-refractivity contribution in [3.63, 3.8) is 0 Å². The number of alkyl halides is 5. The van der Waals surface area contributed by atoms with E-state index in [4.69, 9.17) is 0 Å². The van der Waals surface area contributed by atoms with Crippen molar-refractivity contribution in [3.8, 4) is 0 Å². The van der Waals surface area contributed by atoms with Crippen molar-refractivity contribution in [2.24, 2.45) is 0 Å². The molecule has 0 fully saturated rings. The van der Waals surface area contributed by atoms with Crippen LogP contribution >= 0.6 is 43.2 Å². The zero-order chi connectivity index (χ0) is 11.8. The molecule has 7 heteroatoms. The molecule has 0 spiro atoms. The molecule has 1 aromatic rings. The Bertz CT molecular complexity index is 350. The molecule has 1 rings (SSSR count). The topological polar surface area (TPSA) is 0 Å². The molecule has 0 saturated carbocycles. The average molecular weight is 370 g/mol. The zero-order valence-corrected chi connectivity index (χ0v) is 11.4. The van der Waals surface area contributed by atoms with Gasteiger partial charge in [-0.2, -0.15) is 8.78 Å². The van der Waals surface area contributed by atoms with Crippen molar-refractivity contribution in [3.05, 3.63) is 20.3 Å². The summed E-state index contributed by atoms with van der Waals surface area (Å²) >= 11 is 6.74. The molecule has 1 aromatic heterocycles. The van der Waals surface area contributed by atoms with Gasteiger partial charge in [0.15, 0.2) is 0 Å². The lowest BCUT2D eigenvalue weighted by molar-refractivity contribution is -0.127. The molecule has 0 N–H and O–H groups in total. The molecule has 0 aliphatic heterocycles. The molecular formula is C8H6Br2F4S. The van der Waals surface area contributed by atoms with Crippen molar-refractivity contribution < 1.29 is 17.6 Å². The average Bonchev–Trinajstić information content (AvgIpc) is 2.43. The molecule has 0 aliphatic rings. The summed E-state index contributed by atoms with van der Waals surface area (Å²) in [5.41, 5.74) is 0. The molecular weight excluding hydrogens is 364 g/mol. The van der Waals surface area contributed by atoms with Gasteiger partial charge in [-0.05, 0) is 28.9 Å². The van der Waals surface area contributed by atoms with Crippen molar-refractivity contribution >= 4 is 43.2 Å². The lowest BCUT2D eigenvalue weighted by atomic mass is 10.2. The zero-order valence-electron chi connectivity index (χ0n) is 7.41. The summed E-state index contributed by atoms with van der Waals surface area (Å²) in [7, 11) is 0. The number of rotatable bonds is 3. The highest BCUT2D eigenvalue weighted by Gasteiger charge is 2.49. The predicted octanol–water partition coefficient (Wildman–Crippen LogP) is 5.16. The van der Waals surface area contributed by atoms with Gasteiger partial charge in [0.05, 0.1) is 0 Å². The highest BCUT2D eigenvalue weighted by atomic mass is 79.9. The molecule has 1 unspecified atom stereocenters. The summed E-state index contributed by atoms with van der Waals surface area (Å²) in [5, 5.41) is 0. The van der Waals surface area contributed by atoms with E-state index in [1.807, 2.05) is 0 Å². The monoisotopic (exact) mass is 368 g/mol. The predicted molar refractivity (Wildman–Crippen MR) is 59.4 cm³/mol. The van der Waals surface area contributed by atoms with Gasteiger partial charge in [0.2, 0.25) is 0 Å². The highest BCUT2D eigenvalue weighted by Crippen LogP contribution is 2.47. The van der Waals surface area contributed by atoms with Gasteiger partial charge in [-0.1, -0.05) is 15.9 Å². The standard InChI is InChI=1S/C8H6Br2F4S/c1-3-2-4(9)5(15-3)6(10)8(13,14)7(11)12/h2,6-7H,1H3. The molecule has 0 radical (unpaired) electrons. The Morgan fingerprint density at radius 1 is 1.40 bits per heavy atom. The number of hydrogen-bond acceptors (Lipinski definition) is 1. The quantitative estimate of drug-likeness (QED) is 0.510. The second kappa shape index (κ2) is 4.71. The Kier molecular flexibility index (Phi) is 4.22. The molecule has 0 saturated heterocycles. The molecule has 0 aromatic carbocycles. The van der Waals surface area contributed by atoms with E-state index in [0.717, 1.165) is 16.2 Å². The first-order valence-corrected chi connectivity index (χ1v) is 6.35. The lowest BCUT2D eigenvalue weighted by Crippen LogP contribution is -2.31. The maximum atomic E-state index is 13.0. The second-order valence-electron chi connectivity index (χ2n) is 2.91. The van der Waals surface area contributed by atoms with Gasteiger partial charge in [-0.15, -0.1) is 11.3 Å². The lowest BCUT2D eigenvalue weighted by Gasteiger charge is -2.20. The Balaban J connectivity index is 3.04. The van der Waals surface area contributed by atoms with E-state index >= 15 is 0 Å². The Labute approximate surface area is 105 Å². The minimum atomic E-state index is -4.07. The summed E-state index contributed by atoms with van der Waals surface area (Å²) in [6.45, 7) is 1.72. The van der Waals surface area contributed by atoms with Crippen LogP contribution in [0.2, 0.25) is 0 Å². The summed E-state index contributed by atoms with van der Waals surface area (Å²) in [6.07, 6.45) is -3.68. The largest absolute Gasteiger partial charge is 0.324 e. The fourth-order valence-electron chi connectivity index (χ4n) is 0.959. The van der Waals surface area contributed by atoms with Gasteiger partial charge in [-0.3, -0.25) is 0 Å². The number of thiophene rings is 1. The van der Waals surface area contributed by atoms with Crippen LogP contribution in [0.15, 0.2) is 10.5 Å². The minimum absolute atomic E-state index is 0.179. The summed E-state index contributed by atoms with van der Waals surface area (Å²) in [5.74, 6) is -4.07. The Hall–Kier alpha value is 0.380. The fraction of sp³-hybridized carbons (Fsp3) is 0.500. The van der Waals surface area contributed by atoms with Crippen LogP contribution < -0.4 is 0 Å². The third-order valence-corrected chi connectivity index (χ3v) is 5.10. The van der Waals surface area contributed by atoms with Crippen molar-refractivity contribution in [1.29, 1.82) is 0 Å². The van der Waals surface area contributed by atoms with E-state index in [0.29, 0.717) is 4.47 Å². The highest BCUT2D eigenvalue weighted by molar-refractivity contribution is 9.11. The van der Waals surface area contributed by atoms with Crippen LogP contribution in [-0.2, 0) is 0 Å². The van der Waals surface area contributed by atoms with E-state index < -0.39 is 17.2 Å². The van der Waals surface area contributed by atoms with E-state index in [9.17, 15) is 17.6 Å². The molecule has 1 atom stereocenters. The van der Waals surface area contributed by atoms with Crippen LogP contribution in [0, 0.1) is 6.92 Å². The molecule has 0 bridgehead atoms. The van der Waals surface area contributed by atoms with Gasteiger partial charge in [0.1, 0.15) is 4.83 Å². The number of halogens is 6. The maximum absolute atomic E-state index is 13.0. The minimum Gasteiger partial charge on any atom is -0.204 e. The van der Waals surface area contributed by atoms with Crippen LogP contribution in [-0.4, -0.2) is 12.3 Å². The van der Waals surface area contributed by atoms with Crippen LogP contribution in [0.25, 0.3) is 0 Å². The van der Waals surface area contributed by atoms with Crippen LogP contribution in [0.3, 0.4) is 0 Å². The van der Waals surface area contributed by atoms with E-state index in [-0.39, 0.29) is 4.88 Å². The first kappa shape index (κ1) is 13.4. The SMILES string of the molecule is Cc1cc(Br)c(C(Br)C(F)(F)C(F)F)s1. The maximum Gasteiger partial charge on any atom is 0.324 e. The van der Waals surface area contributed by atoms with Gasteiger partial charge in [-0.25, -0.2) is 8.78 Å². The van der Waals surface area contributed by atoms with E-state index in [1.54, 1.807) is 13.0 Å². The third-order valence-electron chi connectivity index (χ3n) is 1.70.